The number of carbonyl (C=O) groups excluding carboxylic acids is 1. The largest absolute Gasteiger partial charge is 0.350 e. The highest BCUT2D eigenvalue weighted by Gasteiger charge is 2.12. The van der Waals surface area contributed by atoms with Crippen molar-refractivity contribution < 1.29 is 13.6 Å². The Balaban J connectivity index is 1.83. The second-order valence-corrected chi connectivity index (χ2v) is 4.16. The average molecular weight is 272 g/mol. The van der Waals surface area contributed by atoms with Gasteiger partial charge < -0.3 is 5.32 Å². The zero-order valence-corrected chi connectivity index (χ0v) is 10.0. The molecule has 1 N–H and O–H groups in total. The summed E-state index contributed by atoms with van der Waals surface area (Å²) in [7, 11) is 0. The van der Waals surface area contributed by atoms with Crippen LogP contribution in [0.15, 0.2) is 23.2 Å². The number of hydrogen-bond acceptors (Lipinski definition) is 4. The van der Waals surface area contributed by atoms with Gasteiger partial charge in [0.15, 0.2) is 0 Å². The molecule has 0 atom stereocenters. The summed E-state index contributed by atoms with van der Waals surface area (Å²) in [5, 5.41) is 7.95. The van der Waals surface area contributed by atoms with Gasteiger partial charge in [-0.15, -0.1) is 11.3 Å². The van der Waals surface area contributed by atoms with Gasteiger partial charge in [-0.2, -0.15) is 13.9 Å². The highest BCUT2D eigenvalue weighted by atomic mass is 32.1. The van der Waals surface area contributed by atoms with Crippen molar-refractivity contribution in [2.24, 2.45) is 0 Å². The Kier molecular flexibility index (Phi) is 3.98. The molecule has 2 aromatic heterocycles. The maximum atomic E-state index is 12.2. The van der Waals surface area contributed by atoms with E-state index in [0.717, 1.165) is 11.9 Å². The van der Waals surface area contributed by atoms with Gasteiger partial charge in [-0.1, -0.05) is 0 Å². The second kappa shape index (κ2) is 5.67. The molecule has 2 rings (SSSR count). The van der Waals surface area contributed by atoms with Crippen molar-refractivity contribution in [1.82, 2.24) is 20.1 Å². The number of rotatable bonds is 5. The summed E-state index contributed by atoms with van der Waals surface area (Å²) in [6, 6.07) is 1.25. The Morgan fingerprint density at radius 2 is 2.39 bits per heavy atom. The molecule has 0 spiro atoms. The first-order chi connectivity index (χ1) is 8.66. The first kappa shape index (κ1) is 12.6. The van der Waals surface area contributed by atoms with Gasteiger partial charge in [-0.05, 0) is 6.07 Å². The zero-order chi connectivity index (χ0) is 13.0. The van der Waals surface area contributed by atoms with Crippen LogP contribution in [0.2, 0.25) is 0 Å². The summed E-state index contributed by atoms with van der Waals surface area (Å²) in [5.41, 5.74) is 2.58. The molecule has 0 aliphatic rings. The Morgan fingerprint density at radius 3 is 3.00 bits per heavy atom. The quantitative estimate of drug-likeness (QED) is 0.901. The SMILES string of the molecule is O=C(NCCc1cscn1)c1ccn(C(F)F)n1. The molecular formula is C10H10F2N4OS. The molecule has 0 saturated heterocycles. The summed E-state index contributed by atoms with van der Waals surface area (Å²) in [5.74, 6) is -0.468. The smallest absolute Gasteiger partial charge is 0.333 e. The second-order valence-electron chi connectivity index (χ2n) is 3.44. The lowest BCUT2D eigenvalue weighted by Crippen LogP contribution is -2.26. The minimum absolute atomic E-state index is 0.0198. The molecule has 96 valence electrons. The van der Waals surface area contributed by atoms with Crippen LogP contribution in [0.3, 0.4) is 0 Å². The average Bonchev–Trinajstić information content (AvgIpc) is 2.99. The van der Waals surface area contributed by atoms with Crippen LogP contribution < -0.4 is 5.32 Å². The lowest BCUT2D eigenvalue weighted by molar-refractivity contribution is 0.0560. The van der Waals surface area contributed by atoms with Gasteiger partial charge >= 0.3 is 6.55 Å². The van der Waals surface area contributed by atoms with E-state index in [4.69, 9.17) is 0 Å². The van der Waals surface area contributed by atoms with Crippen LogP contribution in [0.25, 0.3) is 0 Å². The summed E-state index contributed by atoms with van der Waals surface area (Å²) in [4.78, 5) is 15.6. The fourth-order valence-electron chi connectivity index (χ4n) is 1.32. The standard InChI is InChI=1S/C10H10F2N4OS/c11-10(12)16-4-2-8(15-16)9(17)13-3-1-7-5-18-6-14-7/h2,4-6,10H,1,3H2,(H,13,17). The third kappa shape index (κ3) is 3.10. The number of alkyl halides is 2. The van der Waals surface area contributed by atoms with Crippen molar-refractivity contribution in [2.75, 3.05) is 6.54 Å². The summed E-state index contributed by atoms with van der Waals surface area (Å²) < 4.78 is 24.9. The number of nitrogens with one attached hydrogen (secondary N) is 1. The van der Waals surface area contributed by atoms with E-state index in [9.17, 15) is 13.6 Å². The monoisotopic (exact) mass is 272 g/mol. The van der Waals surface area contributed by atoms with E-state index in [1.807, 2.05) is 5.38 Å². The van der Waals surface area contributed by atoms with Crippen molar-refractivity contribution in [3.8, 4) is 0 Å². The summed E-state index contributed by atoms with van der Waals surface area (Å²) in [6.07, 6.45) is 1.67. The van der Waals surface area contributed by atoms with Crippen LogP contribution in [0.1, 0.15) is 22.7 Å². The fraction of sp³-hybridized carbons (Fsp3) is 0.300. The first-order valence-corrected chi connectivity index (χ1v) is 6.09. The molecule has 0 fully saturated rings. The molecule has 0 radical (unpaired) electrons. The molecule has 0 aromatic carbocycles. The highest BCUT2D eigenvalue weighted by Crippen LogP contribution is 2.08. The Bertz CT molecular complexity index is 512. The van der Waals surface area contributed by atoms with Crippen LogP contribution in [-0.2, 0) is 6.42 Å². The highest BCUT2D eigenvalue weighted by molar-refractivity contribution is 7.07. The molecule has 0 bridgehead atoms. The molecule has 0 aliphatic carbocycles. The number of amides is 1. The van der Waals surface area contributed by atoms with Gasteiger partial charge in [0.25, 0.3) is 5.91 Å². The Labute approximate surface area is 105 Å². The molecule has 2 heterocycles. The lowest BCUT2D eigenvalue weighted by Gasteiger charge is -2.01. The fourth-order valence-corrected chi connectivity index (χ4v) is 1.92. The minimum atomic E-state index is -2.73. The Hall–Kier alpha value is -1.83. The normalized spacial score (nSPS) is 10.8. The Morgan fingerprint density at radius 1 is 1.56 bits per heavy atom. The predicted molar refractivity (Wildman–Crippen MR) is 61.6 cm³/mol. The van der Waals surface area contributed by atoms with E-state index in [0.29, 0.717) is 17.6 Å². The van der Waals surface area contributed by atoms with E-state index in [1.165, 1.54) is 17.4 Å². The number of aromatic nitrogens is 3. The zero-order valence-electron chi connectivity index (χ0n) is 9.22. The van der Waals surface area contributed by atoms with Gasteiger partial charge in [-0.3, -0.25) is 4.79 Å². The molecular weight excluding hydrogens is 262 g/mol. The van der Waals surface area contributed by atoms with Gasteiger partial charge in [-0.25, -0.2) is 9.67 Å². The molecule has 8 heteroatoms. The molecule has 18 heavy (non-hydrogen) atoms. The van der Waals surface area contributed by atoms with Crippen molar-refractivity contribution in [1.29, 1.82) is 0 Å². The number of thiazole rings is 1. The van der Waals surface area contributed by atoms with E-state index in [1.54, 1.807) is 5.51 Å². The topological polar surface area (TPSA) is 59.8 Å². The first-order valence-electron chi connectivity index (χ1n) is 5.15. The van der Waals surface area contributed by atoms with Gasteiger partial charge in [0.2, 0.25) is 0 Å². The van der Waals surface area contributed by atoms with E-state index in [-0.39, 0.29) is 5.69 Å². The molecule has 2 aromatic rings. The third-order valence-electron chi connectivity index (χ3n) is 2.19. The van der Waals surface area contributed by atoms with Gasteiger partial charge in [0.1, 0.15) is 5.69 Å². The predicted octanol–water partition coefficient (Wildman–Crippen LogP) is 1.71. The maximum Gasteiger partial charge on any atom is 0.333 e. The van der Waals surface area contributed by atoms with E-state index < -0.39 is 12.5 Å². The van der Waals surface area contributed by atoms with Crippen molar-refractivity contribution >= 4 is 17.2 Å². The van der Waals surface area contributed by atoms with E-state index in [2.05, 4.69) is 15.4 Å². The maximum absolute atomic E-state index is 12.2. The third-order valence-corrected chi connectivity index (χ3v) is 2.83. The molecule has 0 saturated carbocycles. The van der Waals surface area contributed by atoms with Crippen LogP contribution in [0.5, 0.6) is 0 Å². The van der Waals surface area contributed by atoms with Crippen LogP contribution in [0.4, 0.5) is 8.78 Å². The molecule has 1 amide bonds. The molecule has 0 aliphatic heterocycles. The van der Waals surface area contributed by atoms with Crippen molar-refractivity contribution in [3.05, 3.63) is 34.5 Å². The summed E-state index contributed by atoms with van der Waals surface area (Å²) in [6.45, 7) is -2.34. The lowest BCUT2D eigenvalue weighted by atomic mass is 10.3. The van der Waals surface area contributed by atoms with Crippen molar-refractivity contribution in [2.45, 2.75) is 13.0 Å². The van der Waals surface area contributed by atoms with Crippen molar-refractivity contribution in [3.63, 3.8) is 0 Å². The minimum Gasteiger partial charge on any atom is -0.350 e. The van der Waals surface area contributed by atoms with Gasteiger partial charge in [0, 0.05) is 24.5 Å². The summed E-state index contributed by atoms with van der Waals surface area (Å²) >= 11 is 1.48. The molecule has 0 unspecified atom stereocenters. The van der Waals surface area contributed by atoms with Crippen LogP contribution in [-0.4, -0.2) is 27.2 Å². The van der Waals surface area contributed by atoms with Gasteiger partial charge in [0.05, 0.1) is 11.2 Å². The van der Waals surface area contributed by atoms with E-state index >= 15 is 0 Å². The number of carbonyl (C=O) groups is 1. The number of hydrogen-bond donors (Lipinski definition) is 1. The van der Waals surface area contributed by atoms with Crippen LogP contribution in [0, 0.1) is 0 Å². The molecule has 5 nitrogen and oxygen atoms in total. The van der Waals surface area contributed by atoms with Crippen LogP contribution >= 0.6 is 11.3 Å². The number of halogens is 2. The number of nitrogens with zero attached hydrogens (tertiary/aromatic N) is 3.